The first-order valence-corrected chi connectivity index (χ1v) is 5.68. The van der Waals surface area contributed by atoms with Crippen LogP contribution in [0.5, 0.6) is 0 Å². The Bertz CT molecular complexity index is 563. The molecule has 0 radical (unpaired) electrons. The van der Waals surface area contributed by atoms with Crippen LogP contribution in [-0.4, -0.2) is 16.1 Å². The second-order valence-electron chi connectivity index (χ2n) is 4.33. The maximum absolute atomic E-state index is 13.0. The summed E-state index contributed by atoms with van der Waals surface area (Å²) in [6, 6.07) is 7.43. The Balaban J connectivity index is 2.12. The topological polar surface area (TPSA) is 57.8 Å². The molecule has 2 aromatic rings. The van der Waals surface area contributed by atoms with E-state index in [1.54, 1.807) is 12.1 Å². The van der Waals surface area contributed by atoms with Gasteiger partial charge in [0.15, 0.2) is 5.69 Å². The largest absolute Gasteiger partial charge is 0.320 e. The second kappa shape index (κ2) is 5.00. The molecule has 0 atom stereocenters. The van der Waals surface area contributed by atoms with Crippen LogP contribution in [0.3, 0.4) is 0 Å². The molecule has 0 aliphatic rings. The van der Waals surface area contributed by atoms with E-state index in [0.29, 0.717) is 11.4 Å². The van der Waals surface area contributed by atoms with E-state index in [-0.39, 0.29) is 11.8 Å². The number of rotatable bonds is 3. The number of hydrogen-bond acceptors (Lipinski definition) is 2. The van der Waals surface area contributed by atoms with Crippen LogP contribution < -0.4 is 5.32 Å². The number of aromatic nitrogens is 2. The van der Waals surface area contributed by atoms with E-state index in [4.69, 9.17) is 0 Å². The zero-order valence-corrected chi connectivity index (χ0v) is 10.2. The smallest absolute Gasteiger partial charge is 0.276 e. The summed E-state index contributed by atoms with van der Waals surface area (Å²) in [5, 5.41) is 9.31. The quantitative estimate of drug-likeness (QED) is 0.876. The molecule has 0 fully saturated rings. The van der Waals surface area contributed by atoms with E-state index in [0.717, 1.165) is 5.69 Å². The molecule has 0 bridgehead atoms. The molecule has 0 aliphatic heterocycles. The van der Waals surface area contributed by atoms with Gasteiger partial charge in [-0.2, -0.15) is 5.10 Å². The Morgan fingerprint density at radius 2 is 2.17 bits per heavy atom. The number of carbonyl (C=O) groups excluding carboxylic acids is 1. The molecule has 0 saturated heterocycles. The summed E-state index contributed by atoms with van der Waals surface area (Å²) in [5.74, 6) is -0.477. The monoisotopic (exact) mass is 247 g/mol. The van der Waals surface area contributed by atoms with E-state index in [1.807, 2.05) is 13.8 Å². The highest BCUT2D eigenvalue weighted by atomic mass is 19.1. The normalized spacial score (nSPS) is 10.7. The van der Waals surface area contributed by atoms with Gasteiger partial charge in [-0.15, -0.1) is 0 Å². The van der Waals surface area contributed by atoms with E-state index in [2.05, 4.69) is 15.5 Å². The third-order valence-electron chi connectivity index (χ3n) is 2.53. The predicted molar refractivity (Wildman–Crippen MR) is 67.0 cm³/mol. The van der Waals surface area contributed by atoms with Gasteiger partial charge >= 0.3 is 0 Å². The summed E-state index contributed by atoms with van der Waals surface area (Å²) in [7, 11) is 0. The molecule has 1 aromatic heterocycles. The molecule has 2 rings (SSSR count). The molecule has 0 unspecified atom stereocenters. The lowest BCUT2D eigenvalue weighted by atomic mass is 10.1. The zero-order valence-electron chi connectivity index (χ0n) is 10.2. The zero-order chi connectivity index (χ0) is 13.1. The minimum Gasteiger partial charge on any atom is -0.320 e. The molecule has 4 nitrogen and oxygen atoms in total. The molecular weight excluding hydrogens is 233 g/mol. The Morgan fingerprint density at radius 3 is 2.78 bits per heavy atom. The van der Waals surface area contributed by atoms with Crippen LogP contribution in [0, 0.1) is 5.82 Å². The first-order chi connectivity index (χ1) is 8.56. The third kappa shape index (κ3) is 2.74. The maximum atomic E-state index is 13.0. The molecule has 1 amide bonds. The lowest BCUT2D eigenvalue weighted by molar-refractivity contribution is 0.102. The van der Waals surface area contributed by atoms with Gasteiger partial charge in [0.25, 0.3) is 5.91 Å². The molecule has 18 heavy (non-hydrogen) atoms. The highest BCUT2D eigenvalue weighted by molar-refractivity contribution is 6.02. The van der Waals surface area contributed by atoms with Gasteiger partial charge in [0.05, 0.1) is 0 Å². The summed E-state index contributed by atoms with van der Waals surface area (Å²) in [6.45, 7) is 4.00. The number of nitrogens with one attached hydrogen (secondary N) is 2. The number of benzene rings is 1. The average molecular weight is 247 g/mol. The fourth-order valence-electron chi connectivity index (χ4n) is 1.51. The van der Waals surface area contributed by atoms with E-state index >= 15 is 0 Å². The summed E-state index contributed by atoms with van der Waals surface area (Å²) in [6.07, 6.45) is 0. The molecular formula is C13H14FN3O. The molecule has 1 heterocycles. The summed E-state index contributed by atoms with van der Waals surface area (Å²) < 4.78 is 13.0. The maximum Gasteiger partial charge on any atom is 0.276 e. The molecule has 0 saturated carbocycles. The van der Waals surface area contributed by atoms with Gasteiger partial charge in [-0.3, -0.25) is 9.89 Å². The number of carbonyl (C=O) groups is 1. The number of H-pyrrole nitrogens is 1. The van der Waals surface area contributed by atoms with E-state index in [1.165, 1.54) is 18.2 Å². The van der Waals surface area contributed by atoms with Crippen LogP contribution in [-0.2, 0) is 0 Å². The first-order valence-electron chi connectivity index (χ1n) is 5.68. The van der Waals surface area contributed by atoms with Gasteiger partial charge in [-0.1, -0.05) is 19.9 Å². The highest BCUT2D eigenvalue weighted by Crippen LogP contribution is 2.14. The van der Waals surface area contributed by atoms with Gasteiger partial charge in [-0.05, 0) is 30.2 Å². The fourth-order valence-corrected chi connectivity index (χ4v) is 1.51. The van der Waals surface area contributed by atoms with Crippen molar-refractivity contribution in [2.45, 2.75) is 19.8 Å². The first kappa shape index (κ1) is 12.3. The number of nitrogens with zero attached hydrogens (tertiary/aromatic N) is 1. The van der Waals surface area contributed by atoms with Crippen molar-refractivity contribution < 1.29 is 9.18 Å². The fraction of sp³-hybridized carbons (Fsp3) is 0.231. The van der Waals surface area contributed by atoms with Crippen molar-refractivity contribution in [1.29, 1.82) is 0 Å². The number of anilines is 1. The van der Waals surface area contributed by atoms with Crippen LogP contribution in [0.1, 0.15) is 35.9 Å². The molecule has 0 spiro atoms. The molecule has 1 aromatic carbocycles. The standard InChI is InChI=1S/C13H14FN3O/c1-8(2)11-7-12(17-16-11)13(18)15-10-5-3-4-9(14)6-10/h3-8H,1-2H3,(H,15,18)(H,16,17). The second-order valence-corrected chi connectivity index (χ2v) is 4.33. The van der Waals surface area contributed by atoms with Crippen molar-refractivity contribution in [2.24, 2.45) is 0 Å². The van der Waals surface area contributed by atoms with Crippen LogP contribution in [0.4, 0.5) is 10.1 Å². The lowest BCUT2D eigenvalue weighted by Gasteiger charge is -2.02. The summed E-state index contributed by atoms with van der Waals surface area (Å²) >= 11 is 0. The van der Waals surface area contributed by atoms with Crippen molar-refractivity contribution >= 4 is 11.6 Å². The van der Waals surface area contributed by atoms with Crippen molar-refractivity contribution in [3.63, 3.8) is 0 Å². The highest BCUT2D eigenvalue weighted by Gasteiger charge is 2.12. The Morgan fingerprint density at radius 1 is 1.39 bits per heavy atom. The van der Waals surface area contributed by atoms with E-state index < -0.39 is 5.82 Å². The van der Waals surface area contributed by atoms with Crippen molar-refractivity contribution in [3.05, 3.63) is 47.5 Å². The number of hydrogen-bond donors (Lipinski definition) is 2. The van der Waals surface area contributed by atoms with Crippen LogP contribution >= 0.6 is 0 Å². The van der Waals surface area contributed by atoms with Gasteiger partial charge < -0.3 is 5.32 Å². The minimum atomic E-state index is -0.391. The van der Waals surface area contributed by atoms with Crippen LogP contribution in [0.2, 0.25) is 0 Å². The molecule has 5 heteroatoms. The number of amides is 1. The Hall–Kier alpha value is -2.17. The molecule has 0 aliphatic carbocycles. The molecule has 94 valence electrons. The van der Waals surface area contributed by atoms with Gasteiger partial charge in [0.2, 0.25) is 0 Å². The predicted octanol–water partition coefficient (Wildman–Crippen LogP) is 2.92. The van der Waals surface area contributed by atoms with Gasteiger partial charge in [0.1, 0.15) is 5.82 Å². The average Bonchev–Trinajstić information content (AvgIpc) is 2.78. The van der Waals surface area contributed by atoms with Gasteiger partial charge in [-0.25, -0.2) is 4.39 Å². The molecule has 2 N–H and O–H groups in total. The Labute approximate surface area is 104 Å². The van der Waals surface area contributed by atoms with Gasteiger partial charge in [0, 0.05) is 11.4 Å². The number of aromatic amines is 1. The van der Waals surface area contributed by atoms with Crippen molar-refractivity contribution in [3.8, 4) is 0 Å². The van der Waals surface area contributed by atoms with Crippen molar-refractivity contribution in [2.75, 3.05) is 5.32 Å². The summed E-state index contributed by atoms with van der Waals surface area (Å²) in [4.78, 5) is 11.8. The summed E-state index contributed by atoms with van der Waals surface area (Å²) in [5.41, 5.74) is 1.59. The minimum absolute atomic E-state index is 0.271. The van der Waals surface area contributed by atoms with E-state index in [9.17, 15) is 9.18 Å². The lowest BCUT2D eigenvalue weighted by Crippen LogP contribution is -2.12. The third-order valence-corrected chi connectivity index (χ3v) is 2.53. The van der Waals surface area contributed by atoms with Crippen LogP contribution in [0.25, 0.3) is 0 Å². The SMILES string of the molecule is CC(C)c1cc(C(=O)Nc2cccc(F)c2)n[nH]1. The number of halogens is 1. The van der Waals surface area contributed by atoms with Crippen molar-refractivity contribution in [1.82, 2.24) is 10.2 Å². The Kier molecular flexibility index (Phi) is 3.41. The van der Waals surface area contributed by atoms with Crippen LogP contribution in [0.15, 0.2) is 30.3 Å².